The fraction of sp³-hybridized carbons (Fsp3) is 0.312. The zero-order chi connectivity index (χ0) is 17.9. The zero-order valence-electron chi connectivity index (χ0n) is 13.5. The number of carbonyl (C=O) groups is 3. The number of hydrogen-bond acceptors (Lipinski definition) is 5. The molecule has 0 aromatic heterocycles. The lowest BCUT2D eigenvalue weighted by Gasteiger charge is -2.17. The third-order valence-electron chi connectivity index (χ3n) is 3.07. The van der Waals surface area contributed by atoms with Gasteiger partial charge in [0.05, 0.1) is 6.54 Å². The summed E-state index contributed by atoms with van der Waals surface area (Å²) in [4.78, 5) is 35.5. The molecule has 1 atom stereocenters. The highest BCUT2D eigenvalue weighted by Gasteiger charge is 2.20. The number of primary amides is 1. The zero-order valence-corrected chi connectivity index (χ0v) is 14.3. The molecule has 0 saturated heterocycles. The molecule has 0 aliphatic heterocycles. The Morgan fingerprint density at radius 3 is 2.46 bits per heavy atom. The van der Waals surface area contributed by atoms with Crippen LogP contribution in [0.25, 0.3) is 6.08 Å². The van der Waals surface area contributed by atoms with Crippen LogP contribution in [0, 0.1) is 0 Å². The molecule has 24 heavy (non-hydrogen) atoms. The second-order valence-electron chi connectivity index (χ2n) is 4.93. The van der Waals surface area contributed by atoms with Gasteiger partial charge < -0.3 is 22.1 Å². The lowest BCUT2D eigenvalue weighted by Crippen LogP contribution is -2.47. The molecule has 0 aliphatic carbocycles. The molecule has 3 amide bonds. The van der Waals surface area contributed by atoms with E-state index in [0.29, 0.717) is 12.2 Å². The summed E-state index contributed by atoms with van der Waals surface area (Å²) in [5.74, 6) is -1.06. The standard InChI is InChI=1S/C16H22N4O3S/c1-24-8-7-12(15(18)22)20-16(23)13(19-14(21)10-17)9-11-5-3-2-4-6-11/h2-6,9,12H,7-8,10,17H2,1H3,(H2,18,22)(H,19,21)(H,20,23)/t12-/m0/s1. The highest BCUT2D eigenvalue weighted by atomic mass is 32.2. The van der Waals surface area contributed by atoms with Crippen molar-refractivity contribution in [3.05, 3.63) is 41.6 Å². The van der Waals surface area contributed by atoms with Crippen LogP contribution in [-0.4, -0.2) is 42.3 Å². The van der Waals surface area contributed by atoms with E-state index in [1.54, 1.807) is 24.3 Å². The smallest absolute Gasteiger partial charge is 0.268 e. The molecule has 1 rings (SSSR count). The van der Waals surface area contributed by atoms with Gasteiger partial charge in [-0.3, -0.25) is 14.4 Å². The summed E-state index contributed by atoms with van der Waals surface area (Å²) < 4.78 is 0. The van der Waals surface area contributed by atoms with Crippen molar-refractivity contribution in [2.75, 3.05) is 18.6 Å². The van der Waals surface area contributed by atoms with Gasteiger partial charge in [0.2, 0.25) is 11.8 Å². The Morgan fingerprint density at radius 1 is 1.25 bits per heavy atom. The third-order valence-corrected chi connectivity index (χ3v) is 3.72. The van der Waals surface area contributed by atoms with Gasteiger partial charge in [-0.15, -0.1) is 0 Å². The molecule has 1 aromatic rings. The van der Waals surface area contributed by atoms with E-state index in [1.807, 2.05) is 12.3 Å². The molecule has 0 unspecified atom stereocenters. The lowest BCUT2D eigenvalue weighted by atomic mass is 10.1. The van der Waals surface area contributed by atoms with E-state index in [9.17, 15) is 14.4 Å². The van der Waals surface area contributed by atoms with Crippen molar-refractivity contribution in [2.45, 2.75) is 12.5 Å². The van der Waals surface area contributed by atoms with Gasteiger partial charge >= 0.3 is 0 Å². The average molecular weight is 350 g/mol. The van der Waals surface area contributed by atoms with E-state index in [2.05, 4.69) is 10.6 Å². The molecule has 0 fully saturated rings. The number of carbonyl (C=O) groups excluding carboxylic acids is 3. The topological polar surface area (TPSA) is 127 Å². The van der Waals surface area contributed by atoms with Crippen LogP contribution in [0.3, 0.4) is 0 Å². The quantitative estimate of drug-likeness (QED) is 0.460. The van der Waals surface area contributed by atoms with E-state index in [1.165, 1.54) is 17.8 Å². The van der Waals surface area contributed by atoms with Crippen LogP contribution in [0.2, 0.25) is 0 Å². The van der Waals surface area contributed by atoms with E-state index in [4.69, 9.17) is 11.5 Å². The molecule has 0 bridgehead atoms. The third kappa shape index (κ3) is 6.84. The molecule has 0 heterocycles. The van der Waals surface area contributed by atoms with Crippen LogP contribution in [0.5, 0.6) is 0 Å². The molecule has 8 heteroatoms. The Kier molecular flexibility index (Phi) is 8.59. The largest absolute Gasteiger partial charge is 0.368 e. The van der Waals surface area contributed by atoms with Crippen molar-refractivity contribution in [2.24, 2.45) is 11.5 Å². The second kappa shape index (κ2) is 10.5. The van der Waals surface area contributed by atoms with Gasteiger partial charge in [0.1, 0.15) is 11.7 Å². The Morgan fingerprint density at radius 2 is 1.92 bits per heavy atom. The number of nitrogens with two attached hydrogens (primary N) is 2. The van der Waals surface area contributed by atoms with Crippen LogP contribution in [-0.2, 0) is 14.4 Å². The van der Waals surface area contributed by atoms with Crippen molar-refractivity contribution in [1.82, 2.24) is 10.6 Å². The Hall–Kier alpha value is -2.32. The van der Waals surface area contributed by atoms with Gasteiger partial charge in [-0.1, -0.05) is 30.3 Å². The summed E-state index contributed by atoms with van der Waals surface area (Å²) in [7, 11) is 0. The number of thioether (sulfide) groups is 1. The number of amides is 3. The van der Waals surface area contributed by atoms with Crippen LogP contribution in [0.15, 0.2) is 36.0 Å². The van der Waals surface area contributed by atoms with Crippen molar-refractivity contribution in [3.63, 3.8) is 0 Å². The molecule has 0 spiro atoms. The number of hydrogen-bond donors (Lipinski definition) is 4. The molecule has 6 N–H and O–H groups in total. The second-order valence-corrected chi connectivity index (χ2v) is 5.92. The monoisotopic (exact) mass is 350 g/mol. The average Bonchev–Trinajstić information content (AvgIpc) is 2.58. The maximum atomic E-state index is 12.4. The first-order chi connectivity index (χ1) is 11.5. The molecule has 1 aromatic carbocycles. The van der Waals surface area contributed by atoms with Gasteiger partial charge in [-0.05, 0) is 30.1 Å². The van der Waals surface area contributed by atoms with Crippen LogP contribution in [0.1, 0.15) is 12.0 Å². The summed E-state index contributed by atoms with van der Waals surface area (Å²) in [5.41, 5.74) is 11.3. The van der Waals surface area contributed by atoms with Gasteiger partial charge in [0.15, 0.2) is 0 Å². The molecule has 130 valence electrons. The molecule has 0 radical (unpaired) electrons. The number of nitrogens with one attached hydrogen (secondary N) is 2. The molecule has 0 aliphatic rings. The first-order valence-corrected chi connectivity index (χ1v) is 8.73. The fourth-order valence-corrected chi connectivity index (χ4v) is 2.30. The minimum absolute atomic E-state index is 0.00653. The van der Waals surface area contributed by atoms with Crippen molar-refractivity contribution < 1.29 is 14.4 Å². The summed E-state index contributed by atoms with van der Waals surface area (Å²) >= 11 is 1.54. The Bertz CT molecular complexity index is 605. The van der Waals surface area contributed by atoms with Gasteiger partial charge in [0, 0.05) is 0 Å². The minimum Gasteiger partial charge on any atom is -0.368 e. The number of benzene rings is 1. The van der Waals surface area contributed by atoms with Crippen molar-refractivity contribution >= 4 is 35.6 Å². The van der Waals surface area contributed by atoms with Gasteiger partial charge in [0.25, 0.3) is 5.91 Å². The summed E-state index contributed by atoms with van der Waals surface area (Å²) in [6, 6.07) is 8.19. The Labute approximate surface area is 145 Å². The SMILES string of the molecule is CSCC[C@H](NC(=O)C(=Cc1ccccc1)NC(=O)CN)C(N)=O. The minimum atomic E-state index is -0.807. The predicted molar refractivity (Wildman–Crippen MR) is 95.7 cm³/mol. The highest BCUT2D eigenvalue weighted by Crippen LogP contribution is 2.07. The van der Waals surface area contributed by atoms with E-state index in [-0.39, 0.29) is 12.2 Å². The lowest BCUT2D eigenvalue weighted by molar-refractivity contribution is -0.126. The fourth-order valence-electron chi connectivity index (χ4n) is 1.83. The number of rotatable bonds is 9. The maximum Gasteiger partial charge on any atom is 0.268 e. The van der Waals surface area contributed by atoms with E-state index >= 15 is 0 Å². The van der Waals surface area contributed by atoms with E-state index < -0.39 is 23.8 Å². The highest BCUT2D eigenvalue weighted by molar-refractivity contribution is 7.98. The van der Waals surface area contributed by atoms with Crippen molar-refractivity contribution in [3.8, 4) is 0 Å². The maximum absolute atomic E-state index is 12.4. The summed E-state index contributed by atoms with van der Waals surface area (Å²) in [5, 5.41) is 4.99. The molecule has 0 saturated carbocycles. The van der Waals surface area contributed by atoms with Crippen LogP contribution >= 0.6 is 11.8 Å². The van der Waals surface area contributed by atoms with Gasteiger partial charge in [-0.25, -0.2) is 0 Å². The Balaban J connectivity index is 2.96. The first-order valence-electron chi connectivity index (χ1n) is 7.33. The van der Waals surface area contributed by atoms with Crippen LogP contribution < -0.4 is 22.1 Å². The normalized spacial score (nSPS) is 12.3. The summed E-state index contributed by atoms with van der Waals surface area (Å²) in [6.07, 6.45) is 3.81. The van der Waals surface area contributed by atoms with E-state index in [0.717, 1.165) is 5.56 Å². The first kappa shape index (κ1) is 19.7. The molecular formula is C16H22N4O3S. The van der Waals surface area contributed by atoms with Crippen molar-refractivity contribution in [1.29, 1.82) is 0 Å². The van der Waals surface area contributed by atoms with Crippen LogP contribution in [0.4, 0.5) is 0 Å². The molecule has 7 nitrogen and oxygen atoms in total. The summed E-state index contributed by atoms with van der Waals surface area (Å²) in [6.45, 7) is -0.259. The molecular weight excluding hydrogens is 328 g/mol. The van der Waals surface area contributed by atoms with Gasteiger partial charge in [-0.2, -0.15) is 11.8 Å². The predicted octanol–water partition coefficient (Wildman–Crippen LogP) is -0.174.